The highest BCUT2D eigenvalue weighted by molar-refractivity contribution is 6.14. The van der Waals surface area contributed by atoms with Crippen molar-refractivity contribution < 1.29 is 27.2 Å². The van der Waals surface area contributed by atoms with Crippen LogP contribution in [-0.4, -0.2) is 17.7 Å². The molecule has 0 spiro atoms. The Bertz CT molecular complexity index is 1020. The first-order valence-corrected chi connectivity index (χ1v) is 9.05. The van der Waals surface area contributed by atoms with Crippen molar-refractivity contribution in [3.63, 3.8) is 0 Å². The van der Waals surface area contributed by atoms with Crippen LogP contribution in [0.3, 0.4) is 0 Å². The molecule has 0 aliphatic heterocycles. The number of Topliss-reactive ketones (excluding diaryl/α,β-unsaturated/α-hetero) is 1. The monoisotopic (exact) mass is 415 g/mol. The van der Waals surface area contributed by atoms with Crippen molar-refractivity contribution in [3.8, 4) is 0 Å². The van der Waals surface area contributed by atoms with E-state index in [0.717, 1.165) is 30.3 Å². The van der Waals surface area contributed by atoms with Crippen LogP contribution in [-0.2, 0) is 9.59 Å². The molecule has 0 bridgehead atoms. The fraction of sp³-hybridized carbons (Fsp3) is 0.130. The highest BCUT2D eigenvalue weighted by atomic mass is 19.2. The summed E-state index contributed by atoms with van der Waals surface area (Å²) in [5.74, 6) is -4.95. The Morgan fingerprint density at radius 2 is 1.33 bits per heavy atom. The van der Waals surface area contributed by atoms with Crippen molar-refractivity contribution in [1.82, 2.24) is 5.32 Å². The first-order chi connectivity index (χ1) is 14.3. The lowest BCUT2D eigenvalue weighted by Gasteiger charge is -2.26. The van der Waals surface area contributed by atoms with Gasteiger partial charge in [0.05, 0.1) is 0 Å². The zero-order chi connectivity index (χ0) is 21.8. The van der Waals surface area contributed by atoms with Crippen LogP contribution in [0.25, 0.3) is 12.2 Å². The molecule has 2 aromatic carbocycles. The molecule has 2 aromatic rings. The van der Waals surface area contributed by atoms with Crippen molar-refractivity contribution in [2.75, 3.05) is 0 Å². The van der Waals surface area contributed by atoms with Gasteiger partial charge in [0.2, 0.25) is 5.91 Å². The van der Waals surface area contributed by atoms with Crippen LogP contribution in [0, 0.1) is 23.3 Å². The minimum atomic E-state index is -1.05. The number of carbonyl (C=O) groups is 2. The van der Waals surface area contributed by atoms with E-state index in [-0.39, 0.29) is 40.9 Å². The van der Waals surface area contributed by atoms with E-state index < -0.39 is 35.2 Å². The van der Waals surface area contributed by atoms with Gasteiger partial charge in [-0.1, -0.05) is 18.7 Å². The zero-order valence-corrected chi connectivity index (χ0v) is 15.7. The first kappa shape index (κ1) is 21.2. The molecular weight excluding hydrogens is 398 g/mol. The summed E-state index contributed by atoms with van der Waals surface area (Å²) >= 11 is 0. The van der Waals surface area contributed by atoms with Crippen molar-refractivity contribution in [2.45, 2.75) is 18.9 Å². The number of amides is 1. The second-order valence-electron chi connectivity index (χ2n) is 6.83. The molecule has 0 saturated heterocycles. The Labute approximate surface area is 170 Å². The van der Waals surface area contributed by atoms with Gasteiger partial charge in [0.1, 0.15) is 0 Å². The largest absolute Gasteiger partial charge is 0.349 e. The lowest BCUT2D eigenvalue weighted by molar-refractivity contribution is -0.118. The average Bonchev–Trinajstić information content (AvgIpc) is 2.71. The number of benzene rings is 2. The van der Waals surface area contributed by atoms with Gasteiger partial charge in [-0.05, 0) is 66.5 Å². The normalized spacial score (nSPS) is 19.2. The fourth-order valence-electron chi connectivity index (χ4n) is 3.21. The standard InChI is InChI=1S/C23H17F4NO2/c1-2-22(29)28-17-11-15(7-13-3-5-18(24)20(26)9-13)23(30)16(12-17)8-14-4-6-19(25)21(27)10-14/h2-10,17H,1,11-12H2,(H,28,29)/b15-7+,16-8+. The number of hydrogen-bond donors (Lipinski definition) is 1. The Morgan fingerprint density at radius 1 is 0.867 bits per heavy atom. The summed E-state index contributed by atoms with van der Waals surface area (Å²) in [6.07, 6.45) is 4.24. The topological polar surface area (TPSA) is 46.2 Å². The van der Waals surface area contributed by atoms with Gasteiger partial charge in [-0.15, -0.1) is 0 Å². The summed E-state index contributed by atoms with van der Waals surface area (Å²) in [5.41, 5.74) is 1.08. The molecule has 154 valence electrons. The average molecular weight is 415 g/mol. The number of ketones is 1. The smallest absolute Gasteiger partial charge is 0.243 e. The highest BCUT2D eigenvalue weighted by Gasteiger charge is 2.28. The third kappa shape index (κ3) is 4.92. The molecule has 1 aliphatic rings. The molecule has 3 nitrogen and oxygen atoms in total. The fourth-order valence-corrected chi connectivity index (χ4v) is 3.21. The molecule has 30 heavy (non-hydrogen) atoms. The lowest BCUT2D eigenvalue weighted by atomic mass is 9.83. The molecule has 0 heterocycles. The maximum absolute atomic E-state index is 13.5. The zero-order valence-electron chi connectivity index (χ0n) is 15.7. The molecular formula is C23H17F4NO2. The summed E-state index contributed by atoms with van der Waals surface area (Å²) in [6.45, 7) is 3.39. The summed E-state index contributed by atoms with van der Waals surface area (Å²) in [5, 5.41) is 2.70. The highest BCUT2D eigenvalue weighted by Crippen LogP contribution is 2.29. The van der Waals surface area contributed by atoms with Gasteiger partial charge in [-0.2, -0.15) is 0 Å². The van der Waals surface area contributed by atoms with E-state index in [2.05, 4.69) is 11.9 Å². The van der Waals surface area contributed by atoms with Crippen LogP contribution in [0.4, 0.5) is 17.6 Å². The van der Waals surface area contributed by atoms with E-state index >= 15 is 0 Å². The Morgan fingerprint density at radius 3 is 1.73 bits per heavy atom. The van der Waals surface area contributed by atoms with Crippen LogP contribution in [0.1, 0.15) is 24.0 Å². The van der Waals surface area contributed by atoms with Gasteiger partial charge in [-0.3, -0.25) is 9.59 Å². The second-order valence-corrected chi connectivity index (χ2v) is 6.83. The number of carbonyl (C=O) groups excluding carboxylic acids is 2. The van der Waals surface area contributed by atoms with Crippen LogP contribution in [0.2, 0.25) is 0 Å². The molecule has 0 unspecified atom stereocenters. The van der Waals surface area contributed by atoms with E-state index in [0.29, 0.717) is 0 Å². The van der Waals surface area contributed by atoms with Gasteiger partial charge in [0.15, 0.2) is 29.1 Å². The summed E-state index contributed by atoms with van der Waals surface area (Å²) in [4.78, 5) is 24.7. The SMILES string of the molecule is C=CC(=O)NC1C/C(=C\c2ccc(F)c(F)c2)C(=O)/C(=C/c2ccc(F)c(F)c2)C1. The van der Waals surface area contributed by atoms with Gasteiger partial charge in [0.25, 0.3) is 0 Å². The van der Waals surface area contributed by atoms with E-state index in [9.17, 15) is 27.2 Å². The minimum Gasteiger partial charge on any atom is -0.349 e. The van der Waals surface area contributed by atoms with E-state index in [1.165, 1.54) is 24.3 Å². The maximum atomic E-state index is 13.5. The van der Waals surface area contributed by atoms with Crippen LogP contribution in [0.5, 0.6) is 0 Å². The molecule has 0 radical (unpaired) electrons. The van der Waals surface area contributed by atoms with Gasteiger partial charge < -0.3 is 5.32 Å². The van der Waals surface area contributed by atoms with Gasteiger partial charge in [0, 0.05) is 17.2 Å². The predicted molar refractivity (Wildman–Crippen MR) is 105 cm³/mol. The van der Waals surface area contributed by atoms with Crippen molar-refractivity contribution >= 4 is 23.8 Å². The van der Waals surface area contributed by atoms with Crippen molar-refractivity contribution in [3.05, 3.63) is 94.6 Å². The summed E-state index contributed by atoms with van der Waals surface area (Å²) in [7, 11) is 0. The lowest BCUT2D eigenvalue weighted by Crippen LogP contribution is -2.38. The molecule has 1 saturated carbocycles. The van der Waals surface area contributed by atoms with Crippen LogP contribution in [0.15, 0.2) is 60.2 Å². The van der Waals surface area contributed by atoms with Crippen LogP contribution < -0.4 is 5.32 Å². The molecule has 1 N–H and O–H groups in total. The Hall–Kier alpha value is -3.48. The molecule has 1 aliphatic carbocycles. The quantitative estimate of drug-likeness (QED) is 0.579. The first-order valence-electron chi connectivity index (χ1n) is 9.05. The van der Waals surface area contributed by atoms with E-state index in [4.69, 9.17) is 0 Å². The third-order valence-electron chi connectivity index (χ3n) is 4.62. The number of nitrogens with one attached hydrogen (secondary N) is 1. The molecule has 1 amide bonds. The molecule has 0 aromatic heterocycles. The summed E-state index contributed by atoms with van der Waals surface area (Å²) < 4.78 is 53.4. The number of hydrogen-bond acceptors (Lipinski definition) is 2. The molecule has 0 atom stereocenters. The maximum Gasteiger partial charge on any atom is 0.243 e. The Kier molecular flexibility index (Phi) is 6.30. The van der Waals surface area contributed by atoms with Gasteiger partial charge >= 0.3 is 0 Å². The Balaban J connectivity index is 1.99. The number of rotatable bonds is 4. The van der Waals surface area contributed by atoms with Gasteiger partial charge in [-0.25, -0.2) is 17.6 Å². The summed E-state index contributed by atoms with van der Waals surface area (Å²) in [6, 6.07) is 5.99. The second kappa shape index (κ2) is 8.90. The van der Waals surface area contributed by atoms with Crippen molar-refractivity contribution in [2.24, 2.45) is 0 Å². The number of halogens is 4. The van der Waals surface area contributed by atoms with E-state index in [1.54, 1.807) is 0 Å². The molecule has 7 heteroatoms. The molecule has 3 rings (SSSR count). The van der Waals surface area contributed by atoms with Crippen molar-refractivity contribution in [1.29, 1.82) is 0 Å². The van der Waals surface area contributed by atoms with E-state index in [1.807, 2.05) is 0 Å². The minimum absolute atomic E-state index is 0.159. The third-order valence-corrected chi connectivity index (χ3v) is 4.62. The van der Waals surface area contributed by atoms with Crippen LogP contribution >= 0.6 is 0 Å². The predicted octanol–water partition coefficient (Wildman–Crippen LogP) is 4.74. The molecule has 1 fully saturated rings.